The number of carbonyl (C=O) groups excluding carboxylic acids is 1. The maximum absolute atomic E-state index is 13.2. The molecule has 2 aromatic carbocycles. The Morgan fingerprint density at radius 2 is 1.96 bits per heavy atom. The van der Waals surface area contributed by atoms with Crippen molar-refractivity contribution in [1.29, 1.82) is 0 Å². The van der Waals surface area contributed by atoms with E-state index in [9.17, 15) is 4.79 Å². The zero-order chi connectivity index (χ0) is 17.9. The van der Waals surface area contributed by atoms with Crippen LogP contribution in [-0.2, 0) is 9.53 Å². The summed E-state index contributed by atoms with van der Waals surface area (Å²) in [6.07, 6.45) is 1.92. The number of aromatic amines is 1. The topological polar surface area (TPSA) is 58.2 Å². The Balaban J connectivity index is 1.78. The number of fused-ring (bicyclic) bond motifs is 1. The molecular weight excluding hydrogens is 326 g/mol. The summed E-state index contributed by atoms with van der Waals surface area (Å²) in [5.74, 6) is 0.582. The number of H-pyrrole nitrogens is 1. The van der Waals surface area contributed by atoms with Crippen LogP contribution >= 0.6 is 0 Å². The molecule has 1 amide bonds. The highest BCUT2D eigenvalue weighted by Gasteiger charge is 2.24. The van der Waals surface area contributed by atoms with E-state index in [0.29, 0.717) is 37.7 Å². The lowest BCUT2D eigenvalue weighted by atomic mass is 10.1. The Bertz CT molecular complexity index is 935. The van der Waals surface area contributed by atoms with Gasteiger partial charge in [0.15, 0.2) is 0 Å². The van der Waals surface area contributed by atoms with Crippen LogP contribution in [0.1, 0.15) is 17.0 Å². The fourth-order valence-corrected chi connectivity index (χ4v) is 3.18. The number of carbonyl (C=O) groups is 1. The fourth-order valence-electron chi connectivity index (χ4n) is 3.18. The third-order valence-corrected chi connectivity index (χ3v) is 4.53. The molecule has 0 radical (unpaired) electrons. The van der Waals surface area contributed by atoms with Gasteiger partial charge >= 0.3 is 0 Å². The second-order valence-corrected chi connectivity index (χ2v) is 6.48. The van der Waals surface area contributed by atoms with Gasteiger partial charge in [0.2, 0.25) is 0 Å². The third kappa shape index (κ3) is 3.39. The predicted molar refractivity (Wildman–Crippen MR) is 103 cm³/mol. The molecule has 1 N–H and O–H groups in total. The Hall–Kier alpha value is -2.92. The first-order valence-corrected chi connectivity index (χ1v) is 8.81. The molecule has 1 aromatic heterocycles. The van der Waals surface area contributed by atoms with Crippen molar-refractivity contribution in [2.45, 2.75) is 6.92 Å². The minimum Gasteiger partial charge on any atom is -0.378 e. The molecule has 1 aliphatic heterocycles. The minimum absolute atomic E-state index is 0.0196. The summed E-state index contributed by atoms with van der Waals surface area (Å²) < 4.78 is 5.38. The van der Waals surface area contributed by atoms with Crippen LogP contribution in [0.5, 0.6) is 0 Å². The molecule has 0 bridgehead atoms. The van der Waals surface area contributed by atoms with E-state index in [4.69, 9.17) is 4.74 Å². The molecular formula is C21H21N3O2. The highest BCUT2D eigenvalue weighted by Crippen LogP contribution is 2.22. The van der Waals surface area contributed by atoms with Gasteiger partial charge in [0.05, 0.1) is 29.8 Å². The summed E-state index contributed by atoms with van der Waals surface area (Å²) in [5, 5.41) is 0. The monoisotopic (exact) mass is 347 g/mol. The number of nitrogens with one attached hydrogen (secondary N) is 1. The van der Waals surface area contributed by atoms with Gasteiger partial charge in [-0.1, -0.05) is 42.0 Å². The number of aromatic nitrogens is 2. The molecule has 0 aliphatic carbocycles. The predicted octanol–water partition coefficient (Wildman–Crippen LogP) is 3.27. The van der Waals surface area contributed by atoms with Gasteiger partial charge in [-0.15, -0.1) is 0 Å². The fraction of sp³-hybridized carbons (Fsp3) is 0.238. The van der Waals surface area contributed by atoms with Gasteiger partial charge in [-0.2, -0.15) is 0 Å². The Morgan fingerprint density at radius 3 is 2.73 bits per heavy atom. The number of para-hydroxylation sites is 2. The molecule has 3 aromatic rings. The smallest absolute Gasteiger partial charge is 0.257 e. The van der Waals surface area contributed by atoms with E-state index in [1.807, 2.05) is 60.4 Å². The number of morpholine rings is 1. The largest absolute Gasteiger partial charge is 0.378 e. The summed E-state index contributed by atoms with van der Waals surface area (Å²) in [6.45, 7) is 4.39. The molecule has 5 nitrogen and oxygen atoms in total. The normalized spacial score (nSPS) is 15.4. The molecule has 1 saturated heterocycles. The second-order valence-electron chi connectivity index (χ2n) is 6.48. The summed E-state index contributed by atoms with van der Waals surface area (Å²) in [7, 11) is 0. The van der Waals surface area contributed by atoms with Gasteiger partial charge in [0.1, 0.15) is 5.82 Å². The number of hydrogen-bond donors (Lipinski definition) is 1. The molecule has 1 fully saturated rings. The van der Waals surface area contributed by atoms with E-state index in [1.54, 1.807) is 0 Å². The molecule has 1 aliphatic rings. The Morgan fingerprint density at radius 1 is 1.15 bits per heavy atom. The van der Waals surface area contributed by atoms with Crippen LogP contribution < -0.4 is 0 Å². The average Bonchev–Trinajstić information content (AvgIpc) is 3.10. The van der Waals surface area contributed by atoms with E-state index < -0.39 is 0 Å². The van der Waals surface area contributed by atoms with Gasteiger partial charge in [0, 0.05) is 13.1 Å². The van der Waals surface area contributed by atoms with E-state index in [2.05, 4.69) is 16.0 Å². The van der Waals surface area contributed by atoms with Crippen LogP contribution in [0, 0.1) is 6.92 Å². The van der Waals surface area contributed by atoms with Crippen molar-refractivity contribution >= 4 is 28.6 Å². The lowest BCUT2D eigenvalue weighted by Crippen LogP contribution is -2.41. The zero-order valence-electron chi connectivity index (χ0n) is 14.7. The number of amides is 1. The van der Waals surface area contributed by atoms with Gasteiger partial charge in [0.25, 0.3) is 5.91 Å². The molecule has 4 rings (SSSR count). The van der Waals surface area contributed by atoms with Crippen LogP contribution in [0.2, 0.25) is 0 Å². The van der Waals surface area contributed by atoms with Crippen molar-refractivity contribution in [1.82, 2.24) is 14.9 Å². The summed E-state index contributed by atoms with van der Waals surface area (Å²) in [4.78, 5) is 23.0. The minimum atomic E-state index is -0.0196. The van der Waals surface area contributed by atoms with Crippen molar-refractivity contribution in [3.8, 4) is 0 Å². The van der Waals surface area contributed by atoms with E-state index in [-0.39, 0.29) is 5.91 Å². The second kappa shape index (κ2) is 7.14. The zero-order valence-corrected chi connectivity index (χ0v) is 14.7. The van der Waals surface area contributed by atoms with Crippen molar-refractivity contribution in [2.75, 3.05) is 26.3 Å². The van der Waals surface area contributed by atoms with Crippen LogP contribution in [0.3, 0.4) is 0 Å². The van der Waals surface area contributed by atoms with Crippen LogP contribution in [0.4, 0.5) is 0 Å². The van der Waals surface area contributed by atoms with Crippen molar-refractivity contribution < 1.29 is 9.53 Å². The molecule has 2 heterocycles. The third-order valence-electron chi connectivity index (χ3n) is 4.53. The number of ether oxygens (including phenoxy) is 1. The first-order valence-electron chi connectivity index (χ1n) is 8.81. The summed E-state index contributed by atoms with van der Waals surface area (Å²) >= 11 is 0. The standard InChI is InChI=1S/C21H21N3O2/c1-15-5-4-6-16(13-15)14-17(21(25)24-9-11-26-12-10-24)20-22-18-7-2-3-8-19(18)23-20/h2-8,13-14H,9-12H2,1H3,(H,22,23). The highest BCUT2D eigenvalue weighted by molar-refractivity contribution is 6.23. The number of rotatable bonds is 3. The van der Waals surface area contributed by atoms with Crippen LogP contribution in [0.15, 0.2) is 48.5 Å². The summed E-state index contributed by atoms with van der Waals surface area (Å²) in [6, 6.07) is 15.9. The molecule has 26 heavy (non-hydrogen) atoms. The highest BCUT2D eigenvalue weighted by atomic mass is 16.5. The summed E-state index contributed by atoms with van der Waals surface area (Å²) in [5.41, 5.74) is 4.50. The number of hydrogen-bond acceptors (Lipinski definition) is 3. The lowest BCUT2D eigenvalue weighted by molar-refractivity contribution is -0.128. The molecule has 5 heteroatoms. The Kier molecular flexibility index (Phi) is 4.54. The molecule has 132 valence electrons. The number of aryl methyl sites for hydroxylation is 1. The Labute approximate surface area is 152 Å². The van der Waals surface area contributed by atoms with Crippen molar-refractivity contribution in [3.05, 3.63) is 65.5 Å². The van der Waals surface area contributed by atoms with E-state index >= 15 is 0 Å². The maximum Gasteiger partial charge on any atom is 0.257 e. The molecule has 0 unspecified atom stereocenters. The molecule has 0 spiro atoms. The number of nitrogens with zero attached hydrogens (tertiary/aromatic N) is 2. The van der Waals surface area contributed by atoms with Gasteiger partial charge in [-0.05, 0) is 30.7 Å². The number of imidazole rings is 1. The molecule has 0 atom stereocenters. The van der Waals surface area contributed by atoms with Gasteiger partial charge in [-0.25, -0.2) is 4.98 Å². The quantitative estimate of drug-likeness (QED) is 0.740. The SMILES string of the molecule is Cc1cccc(C=C(C(=O)N2CCOCC2)c2nc3ccccc3[nH]2)c1. The van der Waals surface area contributed by atoms with Crippen molar-refractivity contribution in [3.63, 3.8) is 0 Å². The lowest BCUT2D eigenvalue weighted by Gasteiger charge is -2.27. The van der Waals surface area contributed by atoms with E-state index in [0.717, 1.165) is 22.2 Å². The van der Waals surface area contributed by atoms with Gasteiger partial charge in [-0.3, -0.25) is 4.79 Å². The number of benzene rings is 2. The maximum atomic E-state index is 13.2. The first-order chi connectivity index (χ1) is 12.7. The van der Waals surface area contributed by atoms with Crippen LogP contribution in [-0.4, -0.2) is 47.1 Å². The van der Waals surface area contributed by atoms with Crippen LogP contribution in [0.25, 0.3) is 22.7 Å². The first kappa shape index (κ1) is 16.5. The molecule has 0 saturated carbocycles. The van der Waals surface area contributed by atoms with Gasteiger partial charge < -0.3 is 14.6 Å². The van der Waals surface area contributed by atoms with E-state index in [1.165, 1.54) is 0 Å². The van der Waals surface area contributed by atoms with Crippen molar-refractivity contribution in [2.24, 2.45) is 0 Å². The average molecular weight is 347 g/mol.